The highest BCUT2D eigenvalue weighted by molar-refractivity contribution is 7.89. The molecule has 3 aromatic rings. The van der Waals surface area contributed by atoms with Crippen molar-refractivity contribution in [2.45, 2.75) is 4.90 Å². The number of hydrogen-bond donors (Lipinski definition) is 0. The zero-order valence-corrected chi connectivity index (χ0v) is 15.4. The molecular formula is C20H18N4O2S. The third-order valence-electron chi connectivity index (χ3n) is 4.74. The molecule has 0 atom stereocenters. The highest BCUT2D eigenvalue weighted by Crippen LogP contribution is 2.25. The van der Waals surface area contributed by atoms with Gasteiger partial charge in [0.15, 0.2) is 0 Å². The van der Waals surface area contributed by atoms with E-state index >= 15 is 0 Å². The maximum absolute atomic E-state index is 12.8. The van der Waals surface area contributed by atoms with Crippen molar-refractivity contribution < 1.29 is 8.42 Å². The first kappa shape index (κ1) is 17.5. The van der Waals surface area contributed by atoms with Crippen LogP contribution in [0.25, 0.3) is 10.9 Å². The molecule has 0 saturated carbocycles. The van der Waals surface area contributed by atoms with E-state index in [0.717, 1.165) is 10.9 Å². The van der Waals surface area contributed by atoms with Crippen LogP contribution < -0.4 is 4.90 Å². The molecule has 136 valence electrons. The molecule has 6 nitrogen and oxygen atoms in total. The Morgan fingerprint density at radius 2 is 1.59 bits per heavy atom. The first-order valence-electron chi connectivity index (χ1n) is 8.69. The first-order valence-corrected chi connectivity index (χ1v) is 10.1. The Morgan fingerprint density at radius 3 is 2.30 bits per heavy atom. The Bertz CT molecular complexity index is 1120. The summed E-state index contributed by atoms with van der Waals surface area (Å²) in [6, 6.07) is 20.2. The number of benzene rings is 2. The normalized spacial score (nSPS) is 15.6. The zero-order valence-electron chi connectivity index (χ0n) is 14.6. The monoisotopic (exact) mass is 378 g/mol. The second-order valence-corrected chi connectivity index (χ2v) is 8.31. The number of piperazine rings is 1. The smallest absolute Gasteiger partial charge is 0.243 e. The minimum absolute atomic E-state index is 0.306. The molecule has 0 N–H and O–H groups in total. The SMILES string of the molecule is N#Cc1cc2ccccc2nc1N1CCN(S(=O)(=O)c2ccccc2)CC1. The molecule has 27 heavy (non-hydrogen) atoms. The minimum Gasteiger partial charge on any atom is -0.353 e. The summed E-state index contributed by atoms with van der Waals surface area (Å²) in [6.07, 6.45) is 0. The van der Waals surface area contributed by atoms with E-state index < -0.39 is 10.0 Å². The van der Waals surface area contributed by atoms with Crippen molar-refractivity contribution in [1.82, 2.24) is 9.29 Å². The van der Waals surface area contributed by atoms with E-state index in [4.69, 9.17) is 0 Å². The van der Waals surface area contributed by atoms with Gasteiger partial charge in [-0.3, -0.25) is 0 Å². The number of nitriles is 1. The van der Waals surface area contributed by atoms with E-state index in [1.807, 2.05) is 35.2 Å². The topological polar surface area (TPSA) is 77.3 Å². The number of anilines is 1. The second kappa shape index (κ2) is 6.99. The van der Waals surface area contributed by atoms with Gasteiger partial charge in [0.1, 0.15) is 11.9 Å². The highest BCUT2D eigenvalue weighted by Gasteiger charge is 2.29. The molecule has 7 heteroatoms. The fourth-order valence-electron chi connectivity index (χ4n) is 3.31. The molecule has 0 unspecified atom stereocenters. The lowest BCUT2D eigenvalue weighted by molar-refractivity contribution is 0.384. The predicted octanol–water partition coefficient (Wildman–Crippen LogP) is 2.62. The number of para-hydroxylation sites is 1. The van der Waals surface area contributed by atoms with Gasteiger partial charge in [-0.25, -0.2) is 13.4 Å². The molecule has 1 aliphatic heterocycles. The minimum atomic E-state index is -3.50. The van der Waals surface area contributed by atoms with Crippen molar-refractivity contribution in [2.24, 2.45) is 0 Å². The van der Waals surface area contributed by atoms with Crippen LogP contribution in [0.4, 0.5) is 5.82 Å². The average Bonchev–Trinajstić information content (AvgIpc) is 2.73. The fourth-order valence-corrected chi connectivity index (χ4v) is 4.75. The van der Waals surface area contributed by atoms with Crippen molar-refractivity contribution in [3.05, 3.63) is 66.2 Å². The molecule has 2 aromatic carbocycles. The van der Waals surface area contributed by atoms with Gasteiger partial charge in [-0.05, 0) is 24.3 Å². The van der Waals surface area contributed by atoms with Crippen molar-refractivity contribution in [3.63, 3.8) is 0 Å². The Morgan fingerprint density at radius 1 is 0.926 bits per heavy atom. The van der Waals surface area contributed by atoms with E-state index in [-0.39, 0.29) is 0 Å². The van der Waals surface area contributed by atoms with E-state index in [1.54, 1.807) is 30.3 Å². The number of fused-ring (bicyclic) bond motifs is 1. The third kappa shape index (κ3) is 3.25. The molecule has 1 fully saturated rings. The molecule has 0 aliphatic carbocycles. The van der Waals surface area contributed by atoms with Crippen LogP contribution in [0.2, 0.25) is 0 Å². The quantitative estimate of drug-likeness (QED) is 0.700. The van der Waals surface area contributed by atoms with Crippen molar-refractivity contribution >= 4 is 26.7 Å². The Kier molecular flexibility index (Phi) is 4.52. The lowest BCUT2D eigenvalue weighted by atomic mass is 10.1. The average molecular weight is 378 g/mol. The number of nitrogens with zero attached hydrogens (tertiary/aromatic N) is 4. The van der Waals surface area contributed by atoms with Crippen molar-refractivity contribution in [2.75, 3.05) is 31.1 Å². The van der Waals surface area contributed by atoms with Crippen LogP contribution in [0.15, 0.2) is 65.6 Å². The van der Waals surface area contributed by atoms with Crippen molar-refractivity contribution in [1.29, 1.82) is 5.26 Å². The summed E-state index contributed by atoms with van der Waals surface area (Å²) in [5, 5.41) is 10.4. The lowest BCUT2D eigenvalue weighted by Gasteiger charge is -2.35. The van der Waals surface area contributed by atoms with Crippen LogP contribution in [-0.4, -0.2) is 43.9 Å². The first-order chi connectivity index (χ1) is 13.1. The van der Waals surface area contributed by atoms with Gasteiger partial charge in [-0.2, -0.15) is 9.57 Å². The van der Waals surface area contributed by atoms with Crippen LogP contribution in [0.1, 0.15) is 5.56 Å². The largest absolute Gasteiger partial charge is 0.353 e. The van der Waals surface area contributed by atoms with Gasteiger partial charge >= 0.3 is 0 Å². The van der Waals surface area contributed by atoms with Gasteiger partial charge in [0.05, 0.1) is 16.0 Å². The van der Waals surface area contributed by atoms with Gasteiger partial charge in [0, 0.05) is 31.6 Å². The summed E-state index contributed by atoms with van der Waals surface area (Å²) >= 11 is 0. The van der Waals surface area contributed by atoms with E-state index in [1.165, 1.54) is 4.31 Å². The molecule has 0 bridgehead atoms. The molecule has 1 aromatic heterocycles. The predicted molar refractivity (Wildman–Crippen MR) is 104 cm³/mol. The molecule has 0 radical (unpaired) electrons. The number of rotatable bonds is 3. The Hall–Kier alpha value is -2.95. The van der Waals surface area contributed by atoms with E-state index in [9.17, 15) is 13.7 Å². The molecule has 2 heterocycles. The number of pyridine rings is 1. The van der Waals surface area contributed by atoms with Gasteiger partial charge in [0.2, 0.25) is 10.0 Å². The van der Waals surface area contributed by atoms with E-state index in [0.29, 0.717) is 42.5 Å². The highest BCUT2D eigenvalue weighted by atomic mass is 32.2. The van der Waals surface area contributed by atoms with Crippen LogP contribution in [0.3, 0.4) is 0 Å². The maximum Gasteiger partial charge on any atom is 0.243 e. The Labute approximate surface area is 158 Å². The lowest BCUT2D eigenvalue weighted by Crippen LogP contribution is -2.49. The van der Waals surface area contributed by atoms with Crippen LogP contribution in [0, 0.1) is 11.3 Å². The summed E-state index contributed by atoms with van der Waals surface area (Å²) in [6.45, 7) is 1.70. The van der Waals surface area contributed by atoms with Crippen LogP contribution >= 0.6 is 0 Å². The van der Waals surface area contributed by atoms with Gasteiger partial charge in [0.25, 0.3) is 0 Å². The third-order valence-corrected chi connectivity index (χ3v) is 6.66. The van der Waals surface area contributed by atoms with Gasteiger partial charge in [-0.15, -0.1) is 0 Å². The summed E-state index contributed by atoms with van der Waals surface area (Å²) in [7, 11) is -3.50. The van der Waals surface area contributed by atoms with Crippen LogP contribution in [0.5, 0.6) is 0 Å². The Balaban J connectivity index is 1.58. The van der Waals surface area contributed by atoms with Crippen molar-refractivity contribution in [3.8, 4) is 6.07 Å². The van der Waals surface area contributed by atoms with E-state index in [2.05, 4.69) is 11.1 Å². The number of hydrogen-bond acceptors (Lipinski definition) is 5. The summed E-state index contributed by atoms with van der Waals surface area (Å²) in [4.78, 5) is 6.94. The standard InChI is InChI=1S/C20H18N4O2S/c21-15-17-14-16-6-4-5-9-19(16)22-20(17)23-10-12-24(13-11-23)27(25,26)18-7-2-1-3-8-18/h1-9,14H,10-13H2. The molecule has 1 aliphatic rings. The molecule has 1 saturated heterocycles. The maximum atomic E-state index is 12.8. The molecule has 0 spiro atoms. The number of aromatic nitrogens is 1. The van der Waals surface area contributed by atoms with Crippen LogP contribution in [-0.2, 0) is 10.0 Å². The fraction of sp³-hybridized carbons (Fsp3) is 0.200. The molecule has 0 amide bonds. The number of sulfonamides is 1. The summed E-state index contributed by atoms with van der Waals surface area (Å²) < 4.78 is 27.0. The summed E-state index contributed by atoms with van der Waals surface area (Å²) in [5.74, 6) is 0.618. The van der Waals surface area contributed by atoms with Gasteiger partial charge in [-0.1, -0.05) is 36.4 Å². The molecular weight excluding hydrogens is 360 g/mol. The second-order valence-electron chi connectivity index (χ2n) is 6.37. The molecule has 4 rings (SSSR count). The summed E-state index contributed by atoms with van der Waals surface area (Å²) in [5.41, 5.74) is 1.33. The van der Waals surface area contributed by atoms with Gasteiger partial charge < -0.3 is 4.90 Å². The zero-order chi connectivity index (χ0) is 18.9.